The molecule has 0 aliphatic carbocycles. The average Bonchev–Trinajstić information content (AvgIpc) is 2.93. The van der Waals surface area contributed by atoms with Crippen molar-refractivity contribution in [1.82, 2.24) is 5.32 Å². The number of carboxylic acid groups (broad SMARTS) is 1. The number of thioether (sulfide) groups is 1. The van der Waals surface area contributed by atoms with E-state index >= 15 is 0 Å². The first-order valence-electron chi connectivity index (χ1n) is 6.95. The van der Waals surface area contributed by atoms with E-state index in [1.54, 1.807) is 25.1 Å². The fourth-order valence-electron chi connectivity index (χ4n) is 1.74. The zero-order valence-electron chi connectivity index (χ0n) is 12.7. The molecular formula is C16H19NO4S2. The molecule has 0 unspecified atom stereocenters. The van der Waals surface area contributed by atoms with Crippen LogP contribution in [0.15, 0.2) is 24.3 Å². The van der Waals surface area contributed by atoms with Gasteiger partial charge in [-0.25, -0.2) is 0 Å². The number of carbonyl (C=O) groups is 1. The Bertz CT molecular complexity index is 595. The largest absolute Gasteiger partial charge is 0.504 e. The molecule has 7 heteroatoms. The van der Waals surface area contributed by atoms with Crippen molar-refractivity contribution >= 4 is 34.9 Å². The third-order valence-corrected chi connectivity index (χ3v) is 3.82. The van der Waals surface area contributed by atoms with Gasteiger partial charge in [-0.15, -0.1) is 0 Å². The lowest BCUT2D eigenvalue weighted by molar-refractivity contribution is -0.133. The van der Waals surface area contributed by atoms with E-state index in [0.717, 1.165) is 29.7 Å². The van der Waals surface area contributed by atoms with Gasteiger partial charge in [0.1, 0.15) is 5.75 Å². The highest BCUT2D eigenvalue weighted by Gasteiger charge is 2.19. The second kappa shape index (κ2) is 10.8. The summed E-state index contributed by atoms with van der Waals surface area (Å²) in [6, 6.07) is 6.99. The van der Waals surface area contributed by atoms with E-state index in [2.05, 4.69) is 16.5 Å². The summed E-state index contributed by atoms with van der Waals surface area (Å²) in [6.45, 7) is 3.13. The summed E-state index contributed by atoms with van der Waals surface area (Å²) in [5.74, 6) is 2.96. The van der Waals surface area contributed by atoms with Gasteiger partial charge in [0, 0.05) is 18.9 Å². The van der Waals surface area contributed by atoms with Crippen LogP contribution in [0.25, 0.3) is 0 Å². The molecule has 0 radical (unpaired) electrons. The Balaban J connectivity index is 0.000000284. The highest BCUT2D eigenvalue weighted by atomic mass is 32.2. The van der Waals surface area contributed by atoms with E-state index in [9.17, 15) is 9.90 Å². The second-order valence-corrected chi connectivity index (χ2v) is 5.96. The molecule has 1 atom stereocenters. The maximum absolute atomic E-state index is 9.79. The number of hydrogen-bond donors (Lipinski definition) is 3. The minimum Gasteiger partial charge on any atom is -0.504 e. The van der Waals surface area contributed by atoms with Crippen LogP contribution in [-0.4, -0.2) is 40.1 Å². The number of phenolic OH excluding ortho intramolecular Hbond substituents is 1. The summed E-state index contributed by atoms with van der Waals surface area (Å²) in [7, 11) is 0. The predicted octanol–water partition coefficient (Wildman–Crippen LogP) is 2.49. The maximum atomic E-state index is 9.79. The first-order valence-corrected chi connectivity index (χ1v) is 8.35. The third-order valence-electron chi connectivity index (χ3n) is 2.77. The number of rotatable bonds is 5. The Morgan fingerprint density at radius 3 is 2.83 bits per heavy atom. The van der Waals surface area contributed by atoms with Gasteiger partial charge in [-0.2, -0.15) is 0 Å². The number of para-hydroxylation sites is 2. The topological polar surface area (TPSA) is 78.8 Å². The molecule has 1 aliphatic heterocycles. The molecule has 1 aromatic carbocycles. The van der Waals surface area contributed by atoms with Gasteiger partial charge in [0.05, 0.1) is 11.6 Å². The number of aromatic hydroxyl groups is 1. The average molecular weight is 353 g/mol. The maximum Gasteiger partial charge on any atom is 0.314 e. The number of phenols is 1. The van der Waals surface area contributed by atoms with Crippen molar-refractivity contribution in [2.75, 3.05) is 18.9 Å². The number of nitrogens with one attached hydrogen (secondary N) is 1. The van der Waals surface area contributed by atoms with Crippen LogP contribution in [-0.2, 0) is 4.79 Å². The van der Waals surface area contributed by atoms with Crippen LogP contribution in [0.2, 0.25) is 0 Å². The summed E-state index contributed by atoms with van der Waals surface area (Å²) in [4.78, 5) is 10.7. The lowest BCUT2D eigenvalue weighted by Crippen LogP contribution is -2.16. The third kappa shape index (κ3) is 8.33. The molecule has 0 aromatic heterocycles. The molecule has 3 N–H and O–H groups in total. The monoisotopic (exact) mass is 353 g/mol. The number of benzene rings is 1. The van der Waals surface area contributed by atoms with E-state index in [1.807, 2.05) is 6.07 Å². The molecule has 124 valence electrons. The molecule has 0 bridgehead atoms. The molecule has 1 fully saturated rings. The van der Waals surface area contributed by atoms with Gasteiger partial charge in [-0.05, 0) is 24.3 Å². The standard InChI is InChI=1S/C11H13NO2S.C5H6O2S/c13-9-3-1-2-4-10(9)14-7-8-5-11(15)12-6-8;1-2-3-8-4-5(6)7/h1-4,8,13H,5-7H2,(H,12,15);4H2,1H3,(H,6,7)/t8-;/m1./s1. The van der Waals surface area contributed by atoms with Gasteiger partial charge in [0.25, 0.3) is 0 Å². The summed E-state index contributed by atoms with van der Waals surface area (Å²) in [5, 5.41) is 23.2. The highest BCUT2D eigenvalue weighted by molar-refractivity contribution is 8.04. The zero-order valence-corrected chi connectivity index (χ0v) is 14.4. The Kier molecular flexibility index (Phi) is 8.95. The van der Waals surface area contributed by atoms with Crippen LogP contribution in [0.3, 0.4) is 0 Å². The number of carboxylic acids is 1. The van der Waals surface area contributed by atoms with E-state index in [-0.39, 0.29) is 11.5 Å². The van der Waals surface area contributed by atoms with Crippen molar-refractivity contribution in [3.63, 3.8) is 0 Å². The molecule has 0 amide bonds. The lowest BCUT2D eigenvalue weighted by atomic mass is 10.1. The van der Waals surface area contributed by atoms with Crippen molar-refractivity contribution in [3.8, 4) is 22.7 Å². The number of thiocarbonyl (C=S) groups is 1. The summed E-state index contributed by atoms with van der Waals surface area (Å²) >= 11 is 6.14. The molecule has 1 aliphatic rings. The summed E-state index contributed by atoms with van der Waals surface area (Å²) in [6.07, 6.45) is 0.878. The van der Waals surface area contributed by atoms with Crippen LogP contribution < -0.4 is 10.1 Å². The lowest BCUT2D eigenvalue weighted by Gasteiger charge is -2.11. The molecule has 23 heavy (non-hydrogen) atoms. The van der Waals surface area contributed by atoms with E-state index < -0.39 is 5.97 Å². The number of hydrogen-bond acceptors (Lipinski definition) is 5. The van der Waals surface area contributed by atoms with Crippen molar-refractivity contribution in [2.45, 2.75) is 13.3 Å². The Morgan fingerprint density at radius 2 is 2.26 bits per heavy atom. The zero-order chi connectivity index (χ0) is 17.1. The first-order chi connectivity index (χ1) is 11.0. The Morgan fingerprint density at radius 1 is 1.52 bits per heavy atom. The van der Waals surface area contributed by atoms with Gasteiger partial charge >= 0.3 is 5.97 Å². The van der Waals surface area contributed by atoms with E-state index in [1.165, 1.54) is 0 Å². The van der Waals surface area contributed by atoms with E-state index in [0.29, 0.717) is 18.3 Å². The van der Waals surface area contributed by atoms with Gasteiger partial charge in [-0.1, -0.05) is 42.0 Å². The molecule has 1 saturated heterocycles. The quantitative estimate of drug-likeness (QED) is 0.554. The first kappa shape index (κ1) is 19.1. The molecule has 5 nitrogen and oxygen atoms in total. The van der Waals surface area contributed by atoms with Crippen LogP contribution in [0.5, 0.6) is 11.5 Å². The Labute approximate surface area is 145 Å². The van der Waals surface area contributed by atoms with Crippen molar-refractivity contribution in [3.05, 3.63) is 24.3 Å². The van der Waals surface area contributed by atoms with Crippen molar-refractivity contribution < 1.29 is 19.7 Å². The SMILES string of the molecule is CC#CSCC(=O)O.Oc1ccccc1OC[C@H]1CNC(=S)C1. The van der Waals surface area contributed by atoms with Crippen LogP contribution in [0.4, 0.5) is 0 Å². The van der Waals surface area contributed by atoms with Gasteiger partial charge in [0.2, 0.25) is 0 Å². The smallest absolute Gasteiger partial charge is 0.314 e. The van der Waals surface area contributed by atoms with Gasteiger partial charge in [-0.3, -0.25) is 4.79 Å². The molecule has 1 heterocycles. The highest BCUT2D eigenvalue weighted by Crippen LogP contribution is 2.25. The van der Waals surface area contributed by atoms with Crippen LogP contribution >= 0.6 is 24.0 Å². The second-order valence-electron chi connectivity index (χ2n) is 4.69. The molecule has 2 rings (SSSR count). The fourth-order valence-corrected chi connectivity index (χ4v) is 2.40. The molecule has 1 aromatic rings. The minimum atomic E-state index is -0.822. The minimum absolute atomic E-state index is 0.0703. The van der Waals surface area contributed by atoms with Crippen molar-refractivity contribution in [1.29, 1.82) is 0 Å². The van der Waals surface area contributed by atoms with Gasteiger partial charge < -0.3 is 20.3 Å². The van der Waals surface area contributed by atoms with E-state index in [4.69, 9.17) is 22.1 Å². The number of aliphatic carboxylic acids is 1. The normalized spacial score (nSPS) is 15.5. The van der Waals surface area contributed by atoms with Gasteiger partial charge in [0.15, 0.2) is 11.5 Å². The van der Waals surface area contributed by atoms with Crippen LogP contribution in [0.1, 0.15) is 13.3 Å². The fraction of sp³-hybridized carbons (Fsp3) is 0.375. The molecule has 0 saturated carbocycles. The predicted molar refractivity (Wildman–Crippen MR) is 95.9 cm³/mol. The summed E-state index contributed by atoms with van der Waals surface area (Å²) < 4.78 is 5.52. The Hall–Kier alpha value is -1.91. The summed E-state index contributed by atoms with van der Waals surface area (Å²) in [5.41, 5.74) is 0. The van der Waals surface area contributed by atoms with Crippen molar-refractivity contribution in [2.24, 2.45) is 5.92 Å². The molecule has 0 spiro atoms. The molecular weight excluding hydrogens is 334 g/mol. The number of ether oxygens (including phenoxy) is 1. The van der Waals surface area contributed by atoms with Crippen LogP contribution in [0, 0.1) is 17.1 Å².